The molecule has 0 saturated heterocycles. The van der Waals surface area contributed by atoms with Crippen molar-refractivity contribution in [1.82, 2.24) is 0 Å². The van der Waals surface area contributed by atoms with Gasteiger partial charge in [0.25, 0.3) is 0 Å². The molecule has 3 heteroatoms. The Bertz CT molecular complexity index is 95.6. The van der Waals surface area contributed by atoms with Crippen molar-refractivity contribution in [3.05, 3.63) is 0 Å². The van der Waals surface area contributed by atoms with Crippen LogP contribution in [0.3, 0.4) is 0 Å². The predicted molar refractivity (Wildman–Crippen MR) is 49.4 cm³/mol. The summed E-state index contributed by atoms with van der Waals surface area (Å²) in [6.45, 7) is 0. The van der Waals surface area contributed by atoms with E-state index in [1.807, 2.05) is 0 Å². The Balaban J connectivity index is 2.18. The van der Waals surface area contributed by atoms with Crippen molar-refractivity contribution in [2.45, 2.75) is 31.8 Å². The molecule has 0 aromatic carbocycles. The summed E-state index contributed by atoms with van der Waals surface area (Å²) >= 11 is 4.10. The van der Waals surface area contributed by atoms with E-state index in [-0.39, 0.29) is 6.10 Å². The van der Waals surface area contributed by atoms with Gasteiger partial charge in [0.1, 0.15) is 0 Å². The van der Waals surface area contributed by atoms with Crippen LogP contribution in [0.15, 0.2) is 0 Å². The van der Waals surface area contributed by atoms with E-state index in [1.165, 1.54) is 12.8 Å². The lowest BCUT2D eigenvalue weighted by molar-refractivity contribution is 0.107. The minimum absolute atomic E-state index is 0.0285. The molecule has 1 rings (SSSR count). The number of aliphatic hydroxyl groups is 1. The highest BCUT2D eigenvalue weighted by Crippen LogP contribution is 2.27. The van der Waals surface area contributed by atoms with Crippen LogP contribution in [0.1, 0.15) is 25.7 Å². The topological polar surface area (TPSA) is 20.2 Å². The minimum Gasteiger partial charge on any atom is -0.393 e. The maximum Gasteiger partial charge on any atom is 0.0543 e. The Morgan fingerprint density at radius 2 is 2.30 bits per heavy atom. The van der Waals surface area contributed by atoms with Crippen LogP contribution in [0, 0.1) is 5.92 Å². The SMILES string of the molecule is OC1CCCC(CSS)C1. The molecule has 2 unspecified atom stereocenters. The highest BCUT2D eigenvalue weighted by atomic mass is 33.1. The summed E-state index contributed by atoms with van der Waals surface area (Å²) in [5.74, 6) is 1.81. The molecule has 1 nitrogen and oxygen atoms in total. The van der Waals surface area contributed by atoms with Gasteiger partial charge in [0, 0.05) is 5.75 Å². The number of thiol groups is 1. The van der Waals surface area contributed by atoms with E-state index in [1.54, 1.807) is 10.8 Å². The first kappa shape index (κ1) is 8.75. The molecule has 60 valence electrons. The van der Waals surface area contributed by atoms with E-state index < -0.39 is 0 Å². The van der Waals surface area contributed by atoms with Crippen molar-refractivity contribution in [3.8, 4) is 0 Å². The third-order valence-electron chi connectivity index (χ3n) is 2.07. The molecule has 1 fully saturated rings. The van der Waals surface area contributed by atoms with Crippen LogP contribution in [-0.4, -0.2) is 17.0 Å². The molecule has 2 atom stereocenters. The summed E-state index contributed by atoms with van der Waals surface area (Å²) in [5, 5.41) is 9.27. The Morgan fingerprint density at radius 1 is 1.50 bits per heavy atom. The smallest absolute Gasteiger partial charge is 0.0543 e. The van der Waals surface area contributed by atoms with E-state index in [2.05, 4.69) is 11.7 Å². The zero-order valence-electron chi connectivity index (χ0n) is 5.99. The second-order valence-corrected chi connectivity index (χ2v) is 4.35. The fourth-order valence-corrected chi connectivity index (χ4v) is 2.67. The van der Waals surface area contributed by atoms with Gasteiger partial charge in [-0.1, -0.05) is 17.2 Å². The Kier molecular flexibility index (Phi) is 3.96. The zero-order chi connectivity index (χ0) is 7.40. The summed E-state index contributed by atoms with van der Waals surface area (Å²) in [6.07, 6.45) is 4.45. The second kappa shape index (κ2) is 4.52. The summed E-state index contributed by atoms with van der Waals surface area (Å²) in [5.41, 5.74) is 0. The molecule has 0 bridgehead atoms. The van der Waals surface area contributed by atoms with Crippen LogP contribution in [0.5, 0.6) is 0 Å². The Morgan fingerprint density at radius 3 is 2.90 bits per heavy atom. The van der Waals surface area contributed by atoms with Gasteiger partial charge in [0.2, 0.25) is 0 Å². The minimum atomic E-state index is -0.0285. The second-order valence-electron chi connectivity index (χ2n) is 2.98. The fraction of sp³-hybridized carbons (Fsp3) is 1.00. The van der Waals surface area contributed by atoms with Gasteiger partial charge in [-0.3, -0.25) is 0 Å². The van der Waals surface area contributed by atoms with Gasteiger partial charge in [-0.15, -0.1) is 11.7 Å². The first-order valence-corrected chi connectivity index (χ1v) is 5.81. The number of hydrogen-bond acceptors (Lipinski definition) is 3. The van der Waals surface area contributed by atoms with Crippen molar-refractivity contribution in [3.63, 3.8) is 0 Å². The normalized spacial score (nSPS) is 34.2. The molecular formula is C7H14OS2. The monoisotopic (exact) mass is 178 g/mol. The van der Waals surface area contributed by atoms with Gasteiger partial charge < -0.3 is 5.11 Å². The number of aliphatic hydroxyl groups excluding tert-OH is 1. The molecule has 1 aliphatic carbocycles. The van der Waals surface area contributed by atoms with Gasteiger partial charge in [-0.05, 0) is 25.2 Å². The molecule has 0 amide bonds. The van der Waals surface area contributed by atoms with Gasteiger partial charge in [-0.25, -0.2) is 0 Å². The van der Waals surface area contributed by atoms with Gasteiger partial charge in [0.05, 0.1) is 6.10 Å². The van der Waals surface area contributed by atoms with Crippen molar-refractivity contribution in [2.75, 3.05) is 5.75 Å². The Labute approximate surface area is 71.4 Å². The standard InChI is InChI=1S/C7H14OS2/c8-7-3-1-2-6(4-7)5-10-9/h6-9H,1-5H2. The molecular weight excluding hydrogens is 164 g/mol. The van der Waals surface area contributed by atoms with Gasteiger partial charge in [-0.2, -0.15) is 0 Å². The summed E-state index contributed by atoms with van der Waals surface area (Å²) in [7, 11) is 1.59. The first-order valence-electron chi connectivity index (χ1n) is 3.77. The van der Waals surface area contributed by atoms with Crippen LogP contribution in [0.2, 0.25) is 0 Å². The summed E-state index contributed by atoms with van der Waals surface area (Å²) < 4.78 is 0. The lowest BCUT2D eigenvalue weighted by atomic mass is 9.89. The average molecular weight is 178 g/mol. The maximum absolute atomic E-state index is 9.27. The Hall–Kier alpha value is 0.660. The van der Waals surface area contributed by atoms with Crippen LogP contribution in [-0.2, 0) is 0 Å². The highest BCUT2D eigenvalue weighted by Gasteiger charge is 2.19. The molecule has 0 aromatic rings. The van der Waals surface area contributed by atoms with Crippen LogP contribution >= 0.6 is 22.5 Å². The van der Waals surface area contributed by atoms with E-state index >= 15 is 0 Å². The van der Waals surface area contributed by atoms with Crippen molar-refractivity contribution >= 4 is 22.5 Å². The van der Waals surface area contributed by atoms with E-state index in [9.17, 15) is 5.11 Å². The quantitative estimate of drug-likeness (QED) is 0.499. The van der Waals surface area contributed by atoms with Crippen LogP contribution in [0.25, 0.3) is 0 Å². The molecule has 1 N–H and O–H groups in total. The molecule has 0 spiro atoms. The molecule has 0 aliphatic heterocycles. The van der Waals surface area contributed by atoms with E-state index in [0.717, 1.165) is 18.6 Å². The molecule has 1 saturated carbocycles. The third-order valence-corrected chi connectivity index (χ3v) is 3.13. The molecule has 0 heterocycles. The average Bonchev–Trinajstić information content (AvgIpc) is 1.88. The van der Waals surface area contributed by atoms with Crippen molar-refractivity contribution in [2.24, 2.45) is 5.92 Å². The van der Waals surface area contributed by atoms with E-state index in [4.69, 9.17) is 0 Å². The molecule has 0 radical (unpaired) electrons. The summed E-state index contributed by atoms with van der Waals surface area (Å²) in [6, 6.07) is 0. The molecule has 1 aliphatic rings. The first-order chi connectivity index (χ1) is 4.83. The van der Waals surface area contributed by atoms with Crippen molar-refractivity contribution < 1.29 is 5.11 Å². The van der Waals surface area contributed by atoms with E-state index in [0.29, 0.717) is 5.92 Å². The number of hydrogen-bond donors (Lipinski definition) is 2. The highest BCUT2D eigenvalue weighted by molar-refractivity contribution is 8.68. The fourth-order valence-electron chi connectivity index (χ4n) is 1.52. The van der Waals surface area contributed by atoms with Crippen LogP contribution < -0.4 is 0 Å². The van der Waals surface area contributed by atoms with Crippen molar-refractivity contribution in [1.29, 1.82) is 0 Å². The lowest BCUT2D eigenvalue weighted by Crippen LogP contribution is -2.20. The lowest BCUT2D eigenvalue weighted by Gasteiger charge is -2.24. The largest absolute Gasteiger partial charge is 0.393 e. The van der Waals surface area contributed by atoms with Gasteiger partial charge in [0.15, 0.2) is 0 Å². The predicted octanol–water partition coefficient (Wildman–Crippen LogP) is 2.12. The zero-order valence-corrected chi connectivity index (χ0v) is 7.70. The summed E-state index contributed by atoms with van der Waals surface area (Å²) in [4.78, 5) is 0. The molecule has 10 heavy (non-hydrogen) atoms. The van der Waals surface area contributed by atoms with Crippen LogP contribution in [0.4, 0.5) is 0 Å². The number of rotatable bonds is 2. The van der Waals surface area contributed by atoms with Gasteiger partial charge >= 0.3 is 0 Å². The third kappa shape index (κ3) is 2.72. The molecule has 0 aromatic heterocycles. The maximum atomic E-state index is 9.27.